The Balaban J connectivity index is 2.48. The number of thiophene rings is 1. The van der Waals surface area contributed by atoms with Gasteiger partial charge in [0.2, 0.25) is 5.28 Å². The molecule has 0 fully saturated rings. The summed E-state index contributed by atoms with van der Waals surface area (Å²) >= 11 is 7.28. The van der Waals surface area contributed by atoms with Crippen LogP contribution in [0.5, 0.6) is 6.01 Å². The predicted octanol–water partition coefficient (Wildman–Crippen LogP) is 2.26. The first-order chi connectivity index (χ1) is 6.79. The van der Waals surface area contributed by atoms with Gasteiger partial charge in [0.1, 0.15) is 0 Å². The highest BCUT2D eigenvalue weighted by Gasteiger charge is 2.07. The normalized spacial score (nSPS) is 10.1. The SMILES string of the molecule is COc1nc(Cl)nc(-c2ccsc2)n1. The van der Waals surface area contributed by atoms with E-state index >= 15 is 0 Å². The Kier molecular flexibility index (Phi) is 2.60. The highest BCUT2D eigenvalue weighted by atomic mass is 35.5. The summed E-state index contributed by atoms with van der Waals surface area (Å²) < 4.78 is 4.89. The third kappa shape index (κ3) is 1.83. The predicted molar refractivity (Wildman–Crippen MR) is 54.7 cm³/mol. The van der Waals surface area contributed by atoms with Crippen LogP contribution in [0.2, 0.25) is 5.28 Å². The van der Waals surface area contributed by atoms with Crippen molar-refractivity contribution in [3.63, 3.8) is 0 Å². The Morgan fingerprint density at radius 3 is 2.86 bits per heavy atom. The van der Waals surface area contributed by atoms with Crippen LogP contribution in [0.15, 0.2) is 16.8 Å². The summed E-state index contributed by atoms with van der Waals surface area (Å²) in [7, 11) is 1.49. The minimum atomic E-state index is 0.137. The molecule has 6 heteroatoms. The summed E-state index contributed by atoms with van der Waals surface area (Å²) in [5.41, 5.74) is 0.914. The molecule has 0 atom stereocenters. The Hall–Kier alpha value is -1.20. The maximum absolute atomic E-state index is 5.71. The van der Waals surface area contributed by atoms with Crippen LogP contribution >= 0.6 is 22.9 Å². The summed E-state index contributed by atoms with van der Waals surface area (Å²) in [4.78, 5) is 11.9. The van der Waals surface area contributed by atoms with Gasteiger partial charge in [0, 0.05) is 10.9 Å². The summed E-state index contributed by atoms with van der Waals surface area (Å²) in [5.74, 6) is 0.531. The van der Waals surface area contributed by atoms with Gasteiger partial charge in [-0.25, -0.2) is 0 Å². The van der Waals surface area contributed by atoms with Crippen LogP contribution in [0.25, 0.3) is 11.4 Å². The van der Waals surface area contributed by atoms with Crippen molar-refractivity contribution < 1.29 is 4.74 Å². The Bertz CT molecular complexity index is 432. The van der Waals surface area contributed by atoms with Crippen molar-refractivity contribution in [2.24, 2.45) is 0 Å². The number of halogens is 1. The van der Waals surface area contributed by atoms with E-state index in [9.17, 15) is 0 Å². The van der Waals surface area contributed by atoms with E-state index in [1.54, 1.807) is 11.3 Å². The number of hydrogen-bond donors (Lipinski definition) is 0. The second-order valence-corrected chi connectivity index (χ2v) is 3.54. The van der Waals surface area contributed by atoms with E-state index in [1.807, 2.05) is 16.8 Å². The molecule has 0 bridgehead atoms. The third-order valence-corrected chi connectivity index (χ3v) is 2.40. The molecule has 0 spiro atoms. The fraction of sp³-hybridized carbons (Fsp3) is 0.125. The number of ether oxygens (including phenoxy) is 1. The van der Waals surface area contributed by atoms with Gasteiger partial charge in [-0.15, -0.1) is 0 Å². The molecule has 0 saturated heterocycles. The van der Waals surface area contributed by atoms with Gasteiger partial charge in [-0.2, -0.15) is 26.3 Å². The van der Waals surface area contributed by atoms with E-state index in [2.05, 4.69) is 15.0 Å². The summed E-state index contributed by atoms with van der Waals surface area (Å²) in [6, 6.07) is 2.14. The minimum Gasteiger partial charge on any atom is -0.467 e. The molecule has 14 heavy (non-hydrogen) atoms. The fourth-order valence-electron chi connectivity index (χ4n) is 0.944. The average molecular weight is 228 g/mol. The van der Waals surface area contributed by atoms with E-state index < -0.39 is 0 Å². The van der Waals surface area contributed by atoms with Crippen molar-refractivity contribution in [2.75, 3.05) is 7.11 Å². The van der Waals surface area contributed by atoms with Gasteiger partial charge in [-0.3, -0.25) is 0 Å². The van der Waals surface area contributed by atoms with Crippen LogP contribution in [-0.4, -0.2) is 22.1 Å². The monoisotopic (exact) mass is 227 g/mol. The maximum atomic E-state index is 5.71. The molecule has 0 unspecified atom stereocenters. The van der Waals surface area contributed by atoms with Gasteiger partial charge < -0.3 is 4.74 Å². The molecule has 2 aromatic heterocycles. The molecule has 4 nitrogen and oxygen atoms in total. The molecule has 0 aliphatic carbocycles. The lowest BCUT2D eigenvalue weighted by molar-refractivity contribution is 0.379. The van der Waals surface area contributed by atoms with Gasteiger partial charge in [0.05, 0.1) is 7.11 Å². The van der Waals surface area contributed by atoms with Crippen molar-refractivity contribution in [1.29, 1.82) is 0 Å². The molecule has 0 aliphatic heterocycles. The molecule has 0 saturated carbocycles. The molecular weight excluding hydrogens is 222 g/mol. The Morgan fingerprint density at radius 1 is 1.36 bits per heavy atom. The second kappa shape index (κ2) is 3.89. The number of nitrogens with zero attached hydrogens (tertiary/aromatic N) is 3. The molecule has 0 N–H and O–H groups in total. The van der Waals surface area contributed by atoms with Gasteiger partial charge in [-0.1, -0.05) is 0 Å². The average Bonchev–Trinajstić information content (AvgIpc) is 2.69. The van der Waals surface area contributed by atoms with Crippen LogP contribution in [0.4, 0.5) is 0 Å². The van der Waals surface area contributed by atoms with Crippen LogP contribution in [0.3, 0.4) is 0 Å². The molecule has 0 radical (unpaired) electrons. The van der Waals surface area contributed by atoms with Gasteiger partial charge in [0.25, 0.3) is 0 Å². The smallest absolute Gasteiger partial charge is 0.321 e. The quantitative estimate of drug-likeness (QED) is 0.790. The molecule has 2 rings (SSSR count). The zero-order chi connectivity index (χ0) is 9.97. The first-order valence-electron chi connectivity index (χ1n) is 3.78. The van der Waals surface area contributed by atoms with Crippen LogP contribution < -0.4 is 4.74 Å². The summed E-state index contributed by atoms with van der Waals surface area (Å²) in [6.07, 6.45) is 0. The van der Waals surface area contributed by atoms with Crippen molar-refractivity contribution >= 4 is 22.9 Å². The molecule has 0 aliphatic rings. The summed E-state index contributed by atoms with van der Waals surface area (Å²) in [6.45, 7) is 0. The zero-order valence-corrected chi connectivity index (χ0v) is 8.84. The van der Waals surface area contributed by atoms with Crippen LogP contribution in [0.1, 0.15) is 0 Å². The number of hydrogen-bond acceptors (Lipinski definition) is 5. The number of methoxy groups -OCH3 is 1. The second-order valence-electron chi connectivity index (χ2n) is 2.43. The van der Waals surface area contributed by atoms with Crippen molar-refractivity contribution in [3.05, 3.63) is 22.1 Å². The Morgan fingerprint density at radius 2 is 2.21 bits per heavy atom. The standard InChI is InChI=1S/C8H6ClN3OS/c1-13-8-11-6(10-7(9)12-8)5-2-3-14-4-5/h2-4H,1H3. The van der Waals surface area contributed by atoms with Crippen LogP contribution in [-0.2, 0) is 0 Å². The lowest BCUT2D eigenvalue weighted by Crippen LogP contribution is -1.97. The highest BCUT2D eigenvalue weighted by molar-refractivity contribution is 7.08. The van der Waals surface area contributed by atoms with Crippen molar-refractivity contribution in [1.82, 2.24) is 15.0 Å². The highest BCUT2D eigenvalue weighted by Crippen LogP contribution is 2.20. The molecule has 0 amide bonds. The van der Waals surface area contributed by atoms with Crippen LogP contribution in [0, 0.1) is 0 Å². The zero-order valence-electron chi connectivity index (χ0n) is 7.27. The molecular formula is C8H6ClN3OS. The van der Waals surface area contributed by atoms with E-state index in [1.165, 1.54) is 7.11 Å². The molecule has 2 heterocycles. The summed E-state index contributed by atoms with van der Waals surface area (Å²) in [5, 5.41) is 4.02. The van der Waals surface area contributed by atoms with Gasteiger partial charge in [-0.05, 0) is 23.0 Å². The third-order valence-electron chi connectivity index (χ3n) is 1.55. The van der Waals surface area contributed by atoms with E-state index in [0.717, 1.165) is 5.56 Å². The number of rotatable bonds is 2. The molecule has 0 aromatic carbocycles. The largest absolute Gasteiger partial charge is 0.467 e. The van der Waals surface area contributed by atoms with E-state index in [-0.39, 0.29) is 11.3 Å². The minimum absolute atomic E-state index is 0.137. The van der Waals surface area contributed by atoms with Gasteiger partial charge >= 0.3 is 6.01 Å². The van der Waals surface area contributed by atoms with Gasteiger partial charge in [0.15, 0.2) is 5.82 Å². The lowest BCUT2D eigenvalue weighted by Gasteiger charge is -2.00. The topological polar surface area (TPSA) is 47.9 Å². The first-order valence-corrected chi connectivity index (χ1v) is 5.10. The molecule has 72 valence electrons. The lowest BCUT2D eigenvalue weighted by atomic mass is 10.3. The van der Waals surface area contributed by atoms with Crippen molar-refractivity contribution in [3.8, 4) is 17.4 Å². The fourth-order valence-corrected chi connectivity index (χ4v) is 1.73. The van der Waals surface area contributed by atoms with E-state index in [4.69, 9.17) is 16.3 Å². The first kappa shape index (κ1) is 9.36. The maximum Gasteiger partial charge on any atom is 0.321 e. The van der Waals surface area contributed by atoms with E-state index in [0.29, 0.717) is 5.82 Å². The number of aromatic nitrogens is 3. The van der Waals surface area contributed by atoms with Crippen molar-refractivity contribution in [2.45, 2.75) is 0 Å². The Labute approximate surface area is 89.6 Å². The molecule has 2 aromatic rings.